The van der Waals surface area contributed by atoms with Crippen LogP contribution >= 0.6 is 21.6 Å². The van der Waals surface area contributed by atoms with Gasteiger partial charge in [-0.25, -0.2) is 4.99 Å². The standard InChI is InChI=1S/C58H77N5O8S2/c1-34(64)70-48-26-40(65)16-21-55-20-15-36-23-35-9-12-42(30-60-32-54(28-35)29-41(17-22-61-54)71-49-25-37(24-43(36)48)44(52(68)69)27-47(49)66)73-72-33-57(63-53(59)62-50(55)7-2-8-51(55)67)31-56-18-3-5-38(56)10-14-46-45(56)13-11-39-6-4-19-58(39,46)57/h2,7,10,14,25,27,35-36,38-43,45-46,48,50-52,60-61,65-69H,3-6,8,11,13,16-19,21-24,26,28-33H2,1H3,(H3,59,62,63). The summed E-state index contributed by atoms with van der Waals surface area (Å²) in [5.41, 5.74) is 6.40. The molecule has 4 aliphatic heterocycles. The Morgan fingerprint density at radius 1 is 1.00 bits per heavy atom. The molecular formula is C58H77N5O8S2. The number of esters is 1. The summed E-state index contributed by atoms with van der Waals surface area (Å²) in [5.74, 6) is 17.1. The van der Waals surface area contributed by atoms with E-state index in [0.29, 0.717) is 93.4 Å². The summed E-state index contributed by atoms with van der Waals surface area (Å²) in [4.78, 5) is 18.7. The summed E-state index contributed by atoms with van der Waals surface area (Å²) in [6, 6.07) is 2.43. The number of fused-ring (bicyclic) bond motifs is 4. The van der Waals surface area contributed by atoms with Crippen LogP contribution in [0.2, 0.25) is 0 Å². The number of benzene rings is 1. The van der Waals surface area contributed by atoms with Gasteiger partial charge in [0.05, 0.1) is 34.5 Å². The van der Waals surface area contributed by atoms with Crippen molar-refractivity contribution in [1.82, 2.24) is 16.0 Å². The number of carbonyl (C=O) groups excluding carboxylic acids is 1. The molecule has 1 saturated heterocycles. The maximum atomic E-state index is 13.2. The predicted molar refractivity (Wildman–Crippen MR) is 284 cm³/mol. The van der Waals surface area contributed by atoms with E-state index >= 15 is 0 Å². The Bertz CT molecular complexity index is 2540. The van der Waals surface area contributed by atoms with Crippen LogP contribution in [-0.2, 0) is 16.0 Å². The molecule has 73 heavy (non-hydrogen) atoms. The van der Waals surface area contributed by atoms with Crippen molar-refractivity contribution in [2.75, 3.05) is 25.4 Å². The lowest BCUT2D eigenvalue weighted by Crippen LogP contribution is -2.75. The Morgan fingerprint density at radius 2 is 1.88 bits per heavy atom. The topological polar surface area (TPSA) is 211 Å². The molecule has 0 amide bonds. The van der Waals surface area contributed by atoms with Crippen molar-refractivity contribution < 1.29 is 39.8 Å². The van der Waals surface area contributed by atoms with Gasteiger partial charge in [0.15, 0.2) is 23.7 Å². The number of phenolic OH excluding ortho intramolecular Hbond substituents is 1. The monoisotopic (exact) mass is 1040 g/mol. The molecule has 1 aromatic carbocycles. The van der Waals surface area contributed by atoms with Crippen molar-refractivity contribution in [2.24, 2.45) is 68.4 Å². The quantitative estimate of drug-likeness (QED) is 0.0534. The Morgan fingerprint density at radius 3 is 2.74 bits per heavy atom. The van der Waals surface area contributed by atoms with Gasteiger partial charge in [0.25, 0.3) is 0 Å². The summed E-state index contributed by atoms with van der Waals surface area (Å²) in [5, 5.41) is 70.0. The van der Waals surface area contributed by atoms with Crippen molar-refractivity contribution in [1.29, 1.82) is 0 Å². The Labute approximate surface area is 439 Å². The number of ether oxygens (including phenoxy) is 2. The molecule has 5 fully saturated rings. The highest BCUT2D eigenvalue weighted by Crippen LogP contribution is 2.76. The zero-order valence-electron chi connectivity index (χ0n) is 42.4. The third-order valence-corrected chi connectivity index (χ3v) is 23.5. The number of aliphatic hydroxyl groups is 4. The van der Waals surface area contributed by atoms with Crippen molar-refractivity contribution >= 4 is 33.5 Å². The molecule has 12 rings (SSSR count). The second kappa shape index (κ2) is 19.6. The molecule has 4 saturated carbocycles. The first-order chi connectivity index (χ1) is 35.2. The molecule has 7 aliphatic carbocycles. The zero-order valence-corrected chi connectivity index (χ0v) is 44.0. The van der Waals surface area contributed by atoms with E-state index in [1.807, 2.05) is 27.7 Å². The Kier molecular flexibility index (Phi) is 13.5. The molecule has 12 bridgehead atoms. The summed E-state index contributed by atoms with van der Waals surface area (Å²) < 4.78 is 13.0. The fourth-order valence-electron chi connectivity index (χ4n) is 17.9. The maximum absolute atomic E-state index is 13.2. The molecule has 4 heterocycles. The van der Waals surface area contributed by atoms with Crippen molar-refractivity contribution in [3.05, 3.63) is 47.6 Å². The van der Waals surface area contributed by atoms with E-state index in [2.05, 4.69) is 57.9 Å². The fourth-order valence-corrected chi connectivity index (χ4v) is 20.7. The number of piperidine rings is 1. The van der Waals surface area contributed by atoms with Crippen LogP contribution in [0.4, 0.5) is 0 Å². The number of nitrogens with zero attached hydrogens (tertiary/aromatic N) is 1. The lowest BCUT2D eigenvalue weighted by atomic mass is 9.36. The van der Waals surface area contributed by atoms with E-state index in [9.17, 15) is 30.3 Å². The molecule has 5 spiro atoms. The molecule has 13 nitrogen and oxygen atoms in total. The van der Waals surface area contributed by atoms with Gasteiger partial charge in [0, 0.05) is 72.9 Å². The van der Waals surface area contributed by atoms with Gasteiger partial charge in [-0.05, 0) is 143 Å². The number of guanidine groups is 1. The van der Waals surface area contributed by atoms with Crippen LogP contribution in [0.5, 0.6) is 11.5 Å². The van der Waals surface area contributed by atoms with Crippen LogP contribution in [0, 0.1) is 81.4 Å². The maximum Gasteiger partial charge on any atom is 0.302 e. The lowest BCUT2D eigenvalue weighted by molar-refractivity contribution is -0.162. The molecule has 394 valence electrons. The number of phenols is 1. The van der Waals surface area contributed by atoms with Gasteiger partial charge in [-0.3, -0.25) is 4.79 Å². The van der Waals surface area contributed by atoms with Gasteiger partial charge in [-0.15, -0.1) is 0 Å². The highest BCUT2D eigenvalue weighted by Gasteiger charge is 2.73. The lowest BCUT2D eigenvalue weighted by Gasteiger charge is -2.70. The van der Waals surface area contributed by atoms with Crippen LogP contribution in [-0.4, -0.2) is 110 Å². The number of nitrogens with two attached hydrogens (primary N) is 1. The average molecular weight is 1040 g/mol. The van der Waals surface area contributed by atoms with Crippen molar-refractivity contribution in [3.63, 3.8) is 0 Å². The number of aromatic hydroxyl groups is 1. The normalized spacial score (nSPS) is 45.6. The first kappa shape index (κ1) is 50.4. The van der Waals surface area contributed by atoms with Crippen LogP contribution < -0.4 is 26.4 Å². The number of rotatable bonds is 2. The van der Waals surface area contributed by atoms with E-state index in [-0.39, 0.29) is 70.0 Å². The van der Waals surface area contributed by atoms with Gasteiger partial charge < -0.3 is 56.7 Å². The summed E-state index contributed by atoms with van der Waals surface area (Å²) in [6.07, 6.45) is 19.2. The highest BCUT2D eigenvalue weighted by atomic mass is 33.1. The minimum absolute atomic E-state index is 0.0129. The third kappa shape index (κ3) is 8.74. The summed E-state index contributed by atoms with van der Waals surface area (Å²) in [6.45, 7) is 3.42. The Hall–Kier alpha value is -3.38. The number of hydrogen-bond acceptors (Lipinski definition) is 15. The smallest absolute Gasteiger partial charge is 0.302 e. The molecule has 15 heteroatoms. The number of carbonyl (C=O) groups is 1. The molecule has 18 unspecified atom stereocenters. The van der Waals surface area contributed by atoms with E-state index in [0.717, 1.165) is 18.6 Å². The van der Waals surface area contributed by atoms with Crippen molar-refractivity contribution in [2.45, 2.75) is 176 Å². The van der Waals surface area contributed by atoms with Gasteiger partial charge >= 0.3 is 5.97 Å². The van der Waals surface area contributed by atoms with Crippen LogP contribution in [0.25, 0.3) is 0 Å². The number of hydrogen-bond donors (Lipinski definition) is 9. The van der Waals surface area contributed by atoms with Gasteiger partial charge in [0.2, 0.25) is 0 Å². The van der Waals surface area contributed by atoms with Gasteiger partial charge in [0.1, 0.15) is 12.2 Å². The molecule has 1 aromatic rings. The summed E-state index contributed by atoms with van der Waals surface area (Å²) in [7, 11) is 3.84. The van der Waals surface area contributed by atoms with Crippen molar-refractivity contribution in [3.8, 4) is 35.2 Å². The molecular weight excluding hydrogens is 959 g/mol. The van der Waals surface area contributed by atoms with E-state index in [1.165, 1.54) is 57.9 Å². The Balaban J connectivity index is 1.05. The number of aliphatic imine (C=N–C) groups is 1. The average Bonchev–Trinajstić information content (AvgIpc) is 4.00. The number of aliphatic hydroxyl groups excluding tert-OH is 3. The first-order valence-electron chi connectivity index (χ1n) is 27.9. The number of nitrogens with one attached hydrogen (secondary N) is 3. The van der Waals surface area contributed by atoms with Gasteiger partial charge in [-0.1, -0.05) is 82.4 Å². The van der Waals surface area contributed by atoms with E-state index < -0.39 is 59.4 Å². The van der Waals surface area contributed by atoms with E-state index in [4.69, 9.17) is 20.2 Å². The van der Waals surface area contributed by atoms with Crippen LogP contribution in [0.15, 0.2) is 41.4 Å². The molecule has 10 N–H and O–H groups in total. The summed E-state index contributed by atoms with van der Waals surface area (Å²) >= 11 is 0. The van der Waals surface area contributed by atoms with Gasteiger partial charge in [-0.2, -0.15) is 0 Å². The zero-order chi connectivity index (χ0) is 50.3. The predicted octanol–water partition coefficient (Wildman–Crippen LogP) is 6.17. The van der Waals surface area contributed by atoms with E-state index in [1.54, 1.807) is 6.07 Å². The second-order valence-corrected chi connectivity index (χ2v) is 27.1. The van der Waals surface area contributed by atoms with Crippen LogP contribution in [0.1, 0.15) is 133 Å². The SMILES string of the molecule is CC(=O)OC1CC(O)CCC23C#CC4CC5C#CC(CNCC6(C5)CC(CCN6)Oc5cc(c(C(O)O)cc5O)CC41)SSCC1(CC45CCCC4C=CC4C5CCC5CCCC541)NC(N)=NC2C=CCC3O. The highest BCUT2D eigenvalue weighted by molar-refractivity contribution is 8.77. The third-order valence-electron chi connectivity index (χ3n) is 20.8. The molecule has 0 radical (unpaired) electrons. The number of allylic oxidation sites excluding steroid dienone is 2. The second-order valence-electron chi connectivity index (χ2n) is 24.6. The molecule has 18 atom stereocenters. The minimum Gasteiger partial charge on any atom is -0.504 e. The first-order valence-corrected chi connectivity index (χ1v) is 30.3. The minimum atomic E-state index is -1.93. The molecule has 0 aromatic heterocycles. The largest absolute Gasteiger partial charge is 0.504 e. The fraction of sp³-hybridized carbons (Fsp3) is 0.724. The molecule has 11 aliphatic rings. The van der Waals surface area contributed by atoms with Crippen LogP contribution in [0.3, 0.4) is 0 Å².